The lowest BCUT2D eigenvalue weighted by Crippen LogP contribution is -2.27. The molecule has 1 N–H and O–H groups in total. The van der Waals surface area contributed by atoms with E-state index in [9.17, 15) is 8.78 Å². The first-order chi connectivity index (χ1) is 8.10. The molecule has 0 aliphatic rings. The van der Waals surface area contributed by atoms with Gasteiger partial charge in [0.05, 0.1) is 0 Å². The summed E-state index contributed by atoms with van der Waals surface area (Å²) in [5, 5.41) is 3.34. The summed E-state index contributed by atoms with van der Waals surface area (Å²) in [5.74, 6) is -1.15. The Morgan fingerprint density at radius 2 is 1.88 bits per heavy atom. The Hall–Kier alpha value is -0.960. The fourth-order valence-corrected chi connectivity index (χ4v) is 2.20. The first-order valence-corrected chi connectivity index (χ1v) is 6.28. The number of nitrogens with one attached hydrogen (secondary N) is 1. The largest absolute Gasteiger partial charge is 0.310 e. The van der Waals surface area contributed by atoms with Crippen LogP contribution in [0.3, 0.4) is 0 Å². The molecule has 1 rings (SSSR count). The van der Waals surface area contributed by atoms with E-state index in [-0.39, 0.29) is 6.04 Å². The van der Waals surface area contributed by atoms with Crippen LogP contribution in [0.2, 0.25) is 0 Å². The summed E-state index contributed by atoms with van der Waals surface area (Å²) in [5.41, 5.74) is 0.826. The van der Waals surface area contributed by atoms with Gasteiger partial charge in [-0.3, -0.25) is 0 Å². The highest BCUT2D eigenvalue weighted by Gasteiger charge is 2.18. The van der Waals surface area contributed by atoms with Crippen LogP contribution in [-0.4, -0.2) is 6.54 Å². The number of halogens is 2. The predicted octanol–water partition coefficient (Wildman–Crippen LogP) is 4.05. The Kier molecular flexibility index (Phi) is 5.56. The van der Waals surface area contributed by atoms with Gasteiger partial charge in [-0.15, -0.1) is 0 Å². The minimum absolute atomic E-state index is 0.0926. The number of hydrogen-bond donors (Lipinski definition) is 1. The Labute approximate surface area is 102 Å². The van der Waals surface area contributed by atoms with Crippen molar-refractivity contribution in [1.29, 1.82) is 0 Å². The van der Waals surface area contributed by atoms with E-state index in [0.29, 0.717) is 5.92 Å². The van der Waals surface area contributed by atoms with Gasteiger partial charge in [-0.2, -0.15) is 0 Å². The first kappa shape index (κ1) is 14.1. The van der Waals surface area contributed by atoms with Crippen molar-refractivity contribution < 1.29 is 8.78 Å². The maximum Gasteiger partial charge on any atom is 0.159 e. The molecule has 0 aromatic heterocycles. The van der Waals surface area contributed by atoms with E-state index >= 15 is 0 Å². The lowest BCUT2D eigenvalue weighted by Gasteiger charge is -2.25. The van der Waals surface area contributed by atoms with Crippen LogP contribution in [0.1, 0.15) is 45.2 Å². The van der Waals surface area contributed by atoms with E-state index in [2.05, 4.69) is 19.2 Å². The topological polar surface area (TPSA) is 12.0 Å². The Morgan fingerprint density at radius 1 is 1.18 bits per heavy atom. The quantitative estimate of drug-likeness (QED) is 0.792. The van der Waals surface area contributed by atoms with Gasteiger partial charge in [-0.25, -0.2) is 8.78 Å². The second kappa shape index (κ2) is 6.70. The van der Waals surface area contributed by atoms with Gasteiger partial charge in [0.25, 0.3) is 0 Å². The van der Waals surface area contributed by atoms with Gasteiger partial charge in [0, 0.05) is 6.04 Å². The average molecular weight is 241 g/mol. The van der Waals surface area contributed by atoms with Gasteiger partial charge in [-0.05, 0) is 36.6 Å². The third kappa shape index (κ3) is 3.77. The van der Waals surface area contributed by atoms with Crippen LogP contribution in [-0.2, 0) is 0 Å². The first-order valence-electron chi connectivity index (χ1n) is 6.28. The second-order valence-electron chi connectivity index (χ2n) is 4.47. The van der Waals surface area contributed by atoms with Crippen molar-refractivity contribution in [2.45, 2.75) is 39.7 Å². The molecular formula is C14H21F2N. The standard InChI is InChI=1S/C14H21F2N/c1-4-6-10(3)14(17-5-2)11-7-8-12(15)13(16)9-11/h7-10,14,17H,4-6H2,1-3H3. The van der Waals surface area contributed by atoms with E-state index in [1.54, 1.807) is 6.07 Å². The monoisotopic (exact) mass is 241 g/mol. The van der Waals surface area contributed by atoms with Crippen LogP contribution in [0.15, 0.2) is 18.2 Å². The molecule has 0 aliphatic carbocycles. The van der Waals surface area contributed by atoms with Crippen LogP contribution in [0.25, 0.3) is 0 Å². The Bertz CT molecular complexity index is 352. The summed E-state index contributed by atoms with van der Waals surface area (Å²) in [7, 11) is 0. The van der Waals surface area contributed by atoms with Crippen molar-refractivity contribution in [1.82, 2.24) is 5.32 Å². The summed E-state index contributed by atoms with van der Waals surface area (Å²) in [6.07, 6.45) is 2.16. The molecule has 1 aromatic rings. The molecule has 0 heterocycles. The third-order valence-electron chi connectivity index (χ3n) is 3.04. The third-order valence-corrected chi connectivity index (χ3v) is 3.04. The predicted molar refractivity (Wildman–Crippen MR) is 66.8 cm³/mol. The molecule has 2 unspecified atom stereocenters. The molecule has 17 heavy (non-hydrogen) atoms. The minimum atomic E-state index is -0.785. The molecule has 2 atom stereocenters. The average Bonchev–Trinajstić information content (AvgIpc) is 2.30. The van der Waals surface area contributed by atoms with Crippen molar-refractivity contribution in [2.24, 2.45) is 5.92 Å². The molecular weight excluding hydrogens is 220 g/mol. The fourth-order valence-electron chi connectivity index (χ4n) is 2.20. The zero-order valence-electron chi connectivity index (χ0n) is 10.8. The lowest BCUT2D eigenvalue weighted by atomic mass is 9.91. The van der Waals surface area contributed by atoms with E-state index < -0.39 is 11.6 Å². The second-order valence-corrected chi connectivity index (χ2v) is 4.47. The lowest BCUT2D eigenvalue weighted by molar-refractivity contribution is 0.367. The zero-order chi connectivity index (χ0) is 12.8. The van der Waals surface area contributed by atoms with Crippen LogP contribution in [0.4, 0.5) is 8.78 Å². The van der Waals surface area contributed by atoms with Gasteiger partial charge in [0.15, 0.2) is 11.6 Å². The van der Waals surface area contributed by atoms with Crippen molar-refractivity contribution in [3.8, 4) is 0 Å². The van der Waals surface area contributed by atoms with Gasteiger partial charge < -0.3 is 5.32 Å². The molecule has 1 nitrogen and oxygen atoms in total. The maximum absolute atomic E-state index is 13.2. The van der Waals surface area contributed by atoms with Gasteiger partial charge in [0.2, 0.25) is 0 Å². The maximum atomic E-state index is 13.2. The van der Waals surface area contributed by atoms with Crippen molar-refractivity contribution in [2.75, 3.05) is 6.54 Å². The molecule has 0 radical (unpaired) electrons. The number of rotatable bonds is 6. The van der Waals surface area contributed by atoms with Gasteiger partial charge in [0.1, 0.15) is 0 Å². The SMILES string of the molecule is CCCC(C)C(NCC)c1ccc(F)c(F)c1. The van der Waals surface area contributed by atoms with Crippen LogP contribution >= 0.6 is 0 Å². The highest BCUT2D eigenvalue weighted by molar-refractivity contribution is 5.22. The fraction of sp³-hybridized carbons (Fsp3) is 0.571. The molecule has 0 saturated heterocycles. The number of benzene rings is 1. The Balaban J connectivity index is 2.92. The molecule has 96 valence electrons. The molecule has 1 aromatic carbocycles. The van der Waals surface area contributed by atoms with Crippen molar-refractivity contribution in [3.63, 3.8) is 0 Å². The van der Waals surface area contributed by atoms with Gasteiger partial charge in [-0.1, -0.05) is 33.3 Å². The Morgan fingerprint density at radius 3 is 2.41 bits per heavy atom. The van der Waals surface area contributed by atoms with Crippen molar-refractivity contribution in [3.05, 3.63) is 35.4 Å². The van der Waals surface area contributed by atoms with Crippen LogP contribution in [0.5, 0.6) is 0 Å². The summed E-state index contributed by atoms with van der Waals surface area (Å²) in [6, 6.07) is 4.26. The van der Waals surface area contributed by atoms with Crippen LogP contribution < -0.4 is 5.32 Å². The molecule has 3 heteroatoms. The summed E-state index contributed by atoms with van der Waals surface area (Å²) in [4.78, 5) is 0. The number of hydrogen-bond acceptors (Lipinski definition) is 1. The van der Waals surface area contributed by atoms with Crippen LogP contribution in [0, 0.1) is 17.6 Å². The molecule has 0 amide bonds. The van der Waals surface area contributed by atoms with E-state index in [1.165, 1.54) is 12.1 Å². The van der Waals surface area contributed by atoms with Gasteiger partial charge >= 0.3 is 0 Å². The minimum Gasteiger partial charge on any atom is -0.310 e. The molecule has 0 spiro atoms. The highest BCUT2D eigenvalue weighted by Crippen LogP contribution is 2.26. The molecule has 0 fully saturated rings. The molecule has 0 saturated carbocycles. The van der Waals surface area contributed by atoms with Crippen molar-refractivity contribution >= 4 is 0 Å². The van der Waals surface area contributed by atoms with E-state index in [0.717, 1.165) is 24.9 Å². The van der Waals surface area contributed by atoms with E-state index in [4.69, 9.17) is 0 Å². The smallest absolute Gasteiger partial charge is 0.159 e. The highest BCUT2D eigenvalue weighted by atomic mass is 19.2. The summed E-state index contributed by atoms with van der Waals surface area (Å²) >= 11 is 0. The normalized spacial score (nSPS) is 14.6. The molecule has 0 bridgehead atoms. The molecule has 0 aliphatic heterocycles. The van der Waals surface area contributed by atoms with E-state index in [1.807, 2.05) is 6.92 Å². The zero-order valence-corrected chi connectivity index (χ0v) is 10.8. The summed E-state index contributed by atoms with van der Waals surface area (Å²) < 4.78 is 26.1. The summed E-state index contributed by atoms with van der Waals surface area (Å²) in [6.45, 7) is 7.10.